The van der Waals surface area contributed by atoms with Crippen molar-refractivity contribution in [1.82, 2.24) is 10.6 Å². The maximum Gasteiger partial charge on any atom is 0.315 e. The molecule has 1 aromatic carbocycles. The lowest BCUT2D eigenvalue weighted by atomic mass is 9.89. The highest BCUT2D eigenvalue weighted by atomic mass is 16.3. The zero-order chi connectivity index (χ0) is 15.5. The molecule has 0 aromatic heterocycles. The van der Waals surface area contributed by atoms with Gasteiger partial charge >= 0.3 is 6.03 Å². The van der Waals surface area contributed by atoms with Crippen molar-refractivity contribution in [1.29, 1.82) is 0 Å². The van der Waals surface area contributed by atoms with Gasteiger partial charge in [-0.05, 0) is 29.7 Å². The number of aliphatic hydroxyl groups is 1. The van der Waals surface area contributed by atoms with E-state index in [4.69, 9.17) is 0 Å². The summed E-state index contributed by atoms with van der Waals surface area (Å²) < 4.78 is 0. The second kappa shape index (κ2) is 6.48. The summed E-state index contributed by atoms with van der Waals surface area (Å²) in [5.41, 5.74) is 0.911. The van der Waals surface area contributed by atoms with Crippen LogP contribution in [0.5, 0.6) is 0 Å². The molecule has 2 atom stereocenters. The Morgan fingerprint density at radius 1 is 1.29 bits per heavy atom. The summed E-state index contributed by atoms with van der Waals surface area (Å²) in [7, 11) is 0. The Morgan fingerprint density at radius 2 is 1.90 bits per heavy atom. The van der Waals surface area contributed by atoms with Gasteiger partial charge in [0.1, 0.15) is 0 Å². The van der Waals surface area contributed by atoms with Crippen LogP contribution in [0.25, 0.3) is 0 Å². The van der Waals surface area contributed by atoms with E-state index in [0.29, 0.717) is 5.92 Å². The number of aliphatic hydroxyl groups excluding tert-OH is 1. The fourth-order valence-corrected chi connectivity index (χ4v) is 2.25. The monoisotopic (exact) mass is 290 g/mol. The van der Waals surface area contributed by atoms with Gasteiger partial charge < -0.3 is 15.7 Å². The maximum absolute atomic E-state index is 12.1. The topological polar surface area (TPSA) is 61.4 Å². The lowest BCUT2D eigenvalue weighted by Gasteiger charge is -2.26. The number of carbonyl (C=O) groups is 1. The Labute approximate surface area is 126 Å². The SMILES string of the molecule is CC(C)(C)C(O)CNC(=O)NC(c1ccccc1)C1CC1. The molecule has 0 aliphatic heterocycles. The molecule has 1 aliphatic rings. The number of hydrogen-bond donors (Lipinski definition) is 3. The molecular formula is C17H26N2O2. The van der Waals surface area contributed by atoms with Crippen LogP contribution in [0.15, 0.2) is 30.3 Å². The first-order valence-corrected chi connectivity index (χ1v) is 7.65. The van der Waals surface area contributed by atoms with E-state index in [2.05, 4.69) is 10.6 Å². The lowest BCUT2D eigenvalue weighted by Crippen LogP contribution is -2.44. The molecule has 0 bridgehead atoms. The number of benzene rings is 1. The summed E-state index contributed by atoms with van der Waals surface area (Å²) in [6, 6.07) is 9.92. The summed E-state index contributed by atoms with van der Waals surface area (Å²) >= 11 is 0. The van der Waals surface area contributed by atoms with E-state index in [-0.39, 0.29) is 24.0 Å². The first-order chi connectivity index (χ1) is 9.88. The fourth-order valence-electron chi connectivity index (χ4n) is 2.25. The third-order valence-electron chi connectivity index (χ3n) is 3.99. The van der Waals surface area contributed by atoms with Crippen molar-refractivity contribution in [2.45, 2.75) is 45.8 Å². The molecule has 0 saturated heterocycles. The van der Waals surface area contributed by atoms with Crippen LogP contribution in [0, 0.1) is 11.3 Å². The summed E-state index contributed by atoms with van der Waals surface area (Å²) in [6.45, 7) is 6.12. The molecule has 2 amide bonds. The molecule has 3 N–H and O–H groups in total. The highest BCUT2D eigenvalue weighted by Crippen LogP contribution is 2.40. The van der Waals surface area contributed by atoms with Gasteiger partial charge in [0.05, 0.1) is 12.1 Å². The van der Waals surface area contributed by atoms with Gasteiger partial charge in [0, 0.05) is 6.54 Å². The summed E-state index contributed by atoms with van der Waals surface area (Å²) in [6.07, 6.45) is 1.76. The van der Waals surface area contributed by atoms with Crippen LogP contribution in [-0.2, 0) is 0 Å². The van der Waals surface area contributed by atoms with E-state index in [1.54, 1.807) is 0 Å². The molecule has 2 rings (SSSR count). The minimum atomic E-state index is -0.556. The van der Waals surface area contributed by atoms with Gasteiger partial charge in [0.2, 0.25) is 0 Å². The van der Waals surface area contributed by atoms with Gasteiger partial charge in [0.25, 0.3) is 0 Å². The minimum Gasteiger partial charge on any atom is -0.391 e. The van der Waals surface area contributed by atoms with Crippen LogP contribution >= 0.6 is 0 Å². The first kappa shape index (κ1) is 15.8. The van der Waals surface area contributed by atoms with Crippen molar-refractivity contribution >= 4 is 6.03 Å². The molecule has 116 valence electrons. The van der Waals surface area contributed by atoms with Gasteiger partial charge in [-0.25, -0.2) is 4.79 Å². The predicted molar refractivity (Wildman–Crippen MR) is 83.9 cm³/mol. The predicted octanol–water partition coefficient (Wildman–Crippen LogP) is 2.84. The van der Waals surface area contributed by atoms with Crippen molar-refractivity contribution < 1.29 is 9.90 Å². The molecule has 0 spiro atoms. The second-order valence-electron chi connectivity index (χ2n) is 6.96. The molecule has 1 fully saturated rings. The Hall–Kier alpha value is -1.55. The van der Waals surface area contributed by atoms with Crippen LogP contribution in [0.4, 0.5) is 4.79 Å². The first-order valence-electron chi connectivity index (χ1n) is 7.65. The summed E-state index contributed by atoms with van der Waals surface area (Å²) in [5, 5.41) is 15.8. The van der Waals surface area contributed by atoms with Crippen molar-refractivity contribution in [3.8, 4) is 0 Å². The van der Waals surface area contributed by atoms with E-state index in [0.717, 1.165) is 18.4 Å². The molecule has 2 unspecified atom stereocenters. The van der Waals surface area contributed by atoms with Crippen LogP contribution in [0.3, 0.4) is 0 Å². The Balaban J connectivity index is 1.88. The van der Waals surface area contributed by atoms with Crippen LogP contribution in [0.2, 0.25) is 0 Å². The highest BCUT2D eigenvalue weighted by Gasteiger charge is 2.33. The Kier molecular flexibility index (Phi) is 4.88. The van der Waals surface area contributed by atoms with Crippen molar-refractivity contribution in [3.05, 3.63) is 35.9 Å². The largest absolute Gasteiger partial charge is 0.391 e. The van der Waals surface area contributed by atoms with Gasteiger partial charge in [-0.3, -0.25) is 0 Å². The van der Waals surface area contributed by atoms with E-state index >= 15 is 0 Å². The average Bonchev–Trinajstić information content (AvgIpc) is 3.26. The molecule has 4 nitrogen and oxygen atoms in total. The summed E-state index contributed by atoms with van der Waals surface area (Å²) in [5.74, 6) is 0.533. The molecule has 4 heteroatoms. The molecule has 0 heterocycles. The fraction of sp³-hybridized carbons (Fsp3) is 0.588. The third kappa shape index (κ3) is 4.74. The number of nitrogens with one attached hydrogen (secondary N) is 2. The van der Waals surface area contributed by atoms with Crippen molar-refractivity contribution in [2.24, 2.45) is 11.3 Å². The molecule has 1 saturated carbocycles. The third-order valence-corrected chi connectivity index (χ3v) is 3.99. The second-order valence-corrected chi connectivity index (χ2v) is 6.96. The molecule has 1 aromatic rings. The number of hydrogen-bond acceptors (Lipinski definition) is 2. The van der Waals surface area contributed by atoms with Gasteiger partial charge in [0.15, 0.2) is 0 Å². The smallest absolute Gasteiger partial charge is 0.315 e. The Bertz CT molecular complexity index is 463. The summed E-state index contributed by atoms with van der Waals surface area (Å²) in [4.78, 5) is 12.1. The average molecular weight is 290 g/mol. The number of amides is 2. The van der Waals surface area contributed by atoms with Crippen molar-refractivity contribution in [3.63, 3.8) is 0 Å². The zero-order valence-corrected chi connectivity index (χ0v) is 13.1. The standard InChI is InChI=1S/C17H26N2O2/c1-17(2,3)14(20)11-18-16(21)19-15(13-9-10-13)12-7-5-4-6-8-12/h4-8,13-15,20H,9-11H2,1-3H3,(H2,18,19,21). The normalized spacial score (nSPS) is 17.9. The van der Waals surface area contributed by atoms with Gasteiger partial charge in [-0.15, -0.1) is 0 Å². The van der Waals surface area contributed by atoms with Crippen LogP contribution in [-0.4, -0.2) is 23.8 Å². The van der Waals surface area contributed by atoms with Gasteiger partial charge in [-0.1, -0.05) is 51.1 Å². The molecule has 1 aliphatic carbocycles. The molecule has 21 heavy (non-hydrogen) atoms. The number of urea groups is 1. The lowest BCUT2D eigenvalue weighted by molar-refractivity contribution is 0.0648. The highest BCUT2D eigenvalue weighted by molar-refractivity contribution is 5.74. The maximum atomic E-state index is 12.1. The van der Waals surface area contributed by atoms with E-state index in [1.165, 1.54) is 0 Å². The minimum absolute atomic E-state index is 0.0676. The van der Waals surface area contributed by atoms with E-state index in [9.17, 15) is 9.90 Å². The van der Waals surface area contributed by atoms with Gasteiger partial charge in [-0.2, -0.15) is 0 Å². The molecular weight excluding hydrogens is 264 g/mol. The van der Waals surface area contributed by atoms with E-state index < -0.39 is 6.10 Å². The quantitative estimate of drug-likeness (QED) is 0.781. The Morgan fingerprint density at radius 3 is 2.43 bits per heavy atom. The number of rotatable bonds is 5. The number of carbonyl (C=O) groups excluding carboxylic acids is 1. The zero-order valence-electron chi connectivity index (χ0n) is 13.1. The van der Waals surface area contributed by atoms with E-state index in [1.807, 2.05) is 51.1 Å². The molecule has 0 radical (unpaired) electrons. The van der Waals surface area contributed by atoms with Crippen LogP contribution < -0.4 is 10.6 Å². The van der Waals surface area contributed by atoms with Crippen LogP contribution in [0.1, 0.15) is 45.2 Å². The van der Waals surface area contributed by atoms with Crippen molar-refractivity contribution in [2.75, 3.05) is 6.54 Å².